The van der Waals surface area contributed by atoms with Gasteiger partial charge in [0.25, 0.3) is 0 Å². The molecule has 1 fully saturated rings. The molecule has 1 aliphatic rings. The smallest absolute Gasteiger partial charge is 0.243 e. The van der Waals surface area contributed by atoms with Gasteiger partial charge in [0.15, 0.2) is 0 Å². The van der Waals surface area contributed by atoms with Crippen LogP contribution in [-0.2, 0) is 19.6 Å². The van der Waals surface area contributed by atoms with Crippen LogP contribution < -0.4 is 10.6 Å². The molecule has 0 atom stereocenters. The van der Waals surface area contributed by atoms with Gasteiger partial charge in [0.1, 0.15) is 0 Å². The first-order valence-corrected chi connectivity index (χ1v) is 11.0. The van der Waals surface area contributed by atoms with Crippen molar-refractivity contribution in [2.24, 2.45) is 0 Å². The molecule has 0 spiro atoms. The summed E-state index contributed by atoms with van der Waals surface area (Å²) in [5.74, 6) is -0.201. The molecule has 0 unspecified atom stereocenters. The van der Waals surface area contributed by atoms with Crippen molar-refractivity contribution < 1.29 is 17.9 Å². The van der Waals surface area contributed by atoms with E-state index in [0.717, 1.165) is 16.8 Å². The standard InChI is InChI=1S/C21H27N3O4S/c1-15-10-16(2)12-19(11-15)23-21(25)14-22-18-5-4-17(3)20(13-18)29(26,27)24-6-8-28-9-7-24/h4-5,10-13,22H,6-9,14H2,1-3H3,(H,23,25). The van der Waals surface area contributed by atoms with E-state index in [2.05, 4.69) is 10.6 Å². The van der Waals surface area contributed by atoms with Crippen LogP contribution >= 0.6 is 0 Å². The van der Waals surface area contributed by atoms with Crippen LogP contribution in [0.25, 0.3) is 0 Å². The van der Waals surface area contributed by atoms with Crippen molar-refractivity contribution in [2.45, 2.75) is 25.7 Å². The normalized spacial score (nSPS) is 15.1. The third-order valence-corrected chi connectivity index (χ3v) is 6.78. The molecule has 1 saturated heterocycles. The van der Waals surface area contributed by atoms with Crippen LogP contribution in [0.3, 0.4) is 0 Å². The summed E-state index contributed by atoms with van der Waals surface area (Å²) >= 11 is 0. The molecular formula is C21H27N3O4S. The van der Waals surface area contributed by atoms with E-state index in [-0.39, 0.29) is 17.3 Å². The lowest BCUT2D eigenvalue weighted by molar-refractivity contribution is -0.114. The van der Waals surface area contributed by atoms with Crippen molar-refractivity contribution in [3.63, 3.8) is 0 Å². The number of carbonyl (C=O) groups is 1. The molecule has 1 aliphatic heterocycles. The topological polar surface area (TPSA) is 87.7 Å². The number of ether oxygens (including phenoxy) is 1. The number of sulfonamides is 1. The summed E-state index contributed by atoms with van der Waals surface area (Å²) in [5, 5.41) is 5.88. The maximum absolute atomic E-state index is 13.0. The van der Waals surface area contributed by atoms with Crippen molar-refractivity contribution in [1.29, 1.82) is 0 Å². The molecule has 2 aromatic carbocycles. The zero-order chi connectivity index (χ0) is 21.0. The van der Waals surface area contributed by atoms with E-state index >= 15 is 0 Å². The number of carbonyl (C=O) groups excluding carboxylic acids is 1. The highest BCUT2D eigenvalue weighted by molar-refractivity contribution is 7.89. The highest BCUT2D eigenvalue weighted by Gasteiger charge is 2.27. The zero-order valence-electron chi connectivity index (χ0n) is 17.0. The third kappa shape index (κ3) is 5.35. The maximum atomic E-state index is 13.0. The summed E-state index contributed by atoms with van der Waals surface area (Å²) in [6.45, 7) is 7.24. The number of rotatable bonds is 6. The van der Waals surface area contributed by atoms with Crippen molar-refractivity contribution >= 4 is 27.3 Å². The Morgan fingerprint density at radius 2 is 1.66 bits per heavy atom. The van der Waals surface area contributed by atoms with Crippen LogP contribution in [-0.4, -0.2) is 51.5 Å². The molecule has 0 aromatic heterocycles. The number of nitrogens with one attached hydrogen (secondary N) is 2. The van der Waals surface area contributed by atoms with Crippen molar-refractivity contribution in [3.8, 4) is 0 Å². The Morgan fingerprint density at radius 3 is 2.31 bits per heavy atom. The largest absolute Gasteiger partial charge is 0.379 e. The number of hydrogen-bond donors (Lipinski definition) is 2. The van der Waals surface area contributed by atoms with Gasteiger partial charge in [-0.2, -0.15) is 4.31 Å². The first kappa shape index (κ1) is 21.3. The van der Waals surface area contributed by atoms with Gasteiger partial charge in [-0.1, -0.05) is 12.1 Å². The molecule has 29 heavy (non-hydrogen) atoms. The SMILES string of the molecule is Cc1cc(C)cc(NC(=O)CNc2ccc(C)c(S(=O)(=O)N3CCOCC3)c2)c1. The van der Waals surface area contributed by atoms with Gasteiger partial charge in [-0.25, -0.2) is 8.42 Å². The predicted octanol–water partition coefficient (Wildman–Crippen LogP) is 2.68. The predicted molar refractivity (Wildman–Crippen MR) is 114 cm³/mol. The molecular weight excluding hydrogens is 390 g/mol. The highest BCUT2D eigenvalue weighted by Crippen LogP contribution is 2.24. The monoisotopic (exact) mass is 417 g/mol. The Morgan fingerprint density at radius 1 is 1.00 bits per heavy atom. The molecule has 7 nitrogen and oxygen atoms in total. The number of morpholine rings is 1. The minimum atomic E-state index is -3.60. The highest BCUT2D eigenvalue weighted by atomic mass is 32.2. The Bertz CT molecular complexity index is 979. The zero-order valence-corrected chi connectivity index (χ0v) is 17.8. The molecule has 0 aliphatic carbocycles. The number of nitrogens with zero attached hydrogens (tertiary/aromatic N) is 1. The molecule has 0 radical (unpaired) electrons. The van der Waals surface area contributed by atoms with Gasteiger partial charge in [-0.3, -0.25) is 4.79 Å². The number of anilines is 2. The Kier molecular flexibility index (Phi) is 6.56. The first-order chi connectivity index (χ1) is 13.8. The van der Waals surface area contributed by atoms with E-state index in [1.165, 1.54) is 4.31 Å². The van der Waals surface area contributed by atoms with E-state index in [0.29, 0.717) is 37.6 Å². The Labute approximate surface area is 172 Å². The number of aryl methyl sites for hydroxylation is 3. The lowest BCUT2D eigenvalue weighted by Gasteiger charge is -2.27. The minimum Gasteiger partial charge on any atom is -0.379 e. The molecule has 1 heterocycles. The average Bonchev–Trinajstić information content (AvgIpc) is 2.67. The van der Waals surface area contributed by atoms with E-state index in [9.17, 15) is 13.2 Å². The summed E-state index contributed by atoms with van der Waals surface area (Å²) in [6.07, 6.45) is 0. The molecule has 2 N–H and O–H groups in total. The van der Waals surface area contributed by atoms with Gasteiger partial charge in [0.2, 0.25) is 15.9 Å². The number of amides is 1. The van der Waals surface area contributed by atoms with Gasteiger partial charge in [-0.05, 0) is 61.7 Å². The molecule has 3 rings (SSSR count). The number of benzene rings is 2. The average molecular weight is 418 g/mol. The summed E-state index contributed by atoms with van der Waals surface area (Å²) in [4.78, 5) is 12.5. The fourth-order valence-corrected chi connectivity index (χ4v) is 5.01. The van der Waals surface area contributed by atoms with Crippen molar-refractivity contribution in [1.82, 2.24) is 4.31 Å². The maximum Gasteiger partial charge on any atom is 0.243 e. The van der Waals surface area contributed by atoms with Gasteiger partial charge in [-0.15, -0.1) is 0 Å². The lowest BCUT2D eigenvalue weighted by Crippen LogP contribution is -2.40. The van der Waals surface area contributed by atoms with Gasteiger partial charge in [0, 0.05) is 24.5 Å². The quantitative estimate of drug-likeness (QED) is 0.755. The Balaban J connectivity index is 1.68. The van der Waals surface area contributed by atoms with Crippen LogP contribution in [0.2, 0.25) is 0 Å². The first-order valence-electron chi connectivity index (χ1n) is 9.56. The molecule has 8 heteroatoms. The van der Waals surface area contributed by atoms with E-state index in [4.69, 9.17) is 4.74 Å². The van der Waals surface area contributed by atoms with E-state index in [1.54, 1.807) is 25.1 Å². The minimum absolute atomic E-state index is 0.0348. The van der Waals surface area contributed by atoms with Crippen LogP contribution in [0.4, 0.5) is 11.4 Å². The van der Waals surface area contributed by atoms with Crippen LogP contribution in [0.15, 0.2) is 41.3 Å². The van der Waals surface area contributed by atoms with E-state index in [1.807, 2.05) is 32.0 Å². The second-order valence-corrected chi connectivity index (χ2v) is 9.18. The summed E-state index contributed by atoms with van der Waals surface area (Å²) in [5.41, 5.74) is 4.14. The molecule has 0 saturated carbocycles. The molecule has 1 amide bonds. The fraction of sp³-hybridized carbons (Fsp3) is 0.381. The summed E-state index contributed by atoms with van der Waals surface area (Å²) in [7, 11) is -3.60. The third-order valence-electron chi connectivity index (χ3n) is 4.73. The van der Waals surface area contributed by atoms with E-state index < -0.39 is 10.0 Å². The number of hydrogen-bond acceptors (Lipinski definition) is 5. The van der Waals surface area contributed by atoms with Crippen molar-refractivity contribution in [3.05, 3.63) is 53.1 Å². The van der Waals surface area contributed by atoms with Crippen LogP contribution in [0, 0.1) is 20.8 Å². The van der Waals surface area contributed by atoms with Crippen LogP contribution in [0.5, 0.6) is 0 Å². The van der Waals surface area contributed by atoms with Gasteiger partial charge >= 0.3 is 0 Å². The molecule has 156 valence electrons. The summed E-state index contributed by atoms with van der Waals surface area (Å²) < 4.78 is 32.6. The second-order valence-electron chi connectivity index (χ2n) is 7.27. The van der Waals surface area contributed by atoms with Gasteiger partial charge < -0.3 is 15.4 Å². The summed E-state index contributed by atoms with van der Waals surface area (Å²) in [6, 6.07) is 11.0. The fourth-order valence-electron chi connectivity index (χ4n) is 3.35. The molecule has 0 bridgehead atoms. The van der Waals surface area contributed by atoms with Crippen LogP contribution in [0.1, 0.15) is 16.7 Å². The molecule has 2 aromatic rings. The Hall–Kier alpha value is -2.42. The van der Waals surface area contributed by atoms with Crippen molar-refractivity contribution in [2.75, 3.05) is 43.5 Å². The second kappa shape index (κ2) is 8.94. The lowest BCUT2D eigenvalue weighted by atomic mass is 10.1. The van der Waals surface area contributed by atoms with Gasteiger partial charge in [0.05, 0.1) is 24.7 Å².